The Hall–Kier alpha value is -7.88. The Morgan fingerprint density at radius 1 is 0.322 bits per heavy atom. The molecule has 2 heterocycles. The fourth-order valence-electron chi connectivity index (χ4n) is 9.18. The molecule has 0 saturated carbocycles. The van der Waals surface area contributed by atoms with Gasteiger partial charge in [-0.2, -0.15) is 0 Å². The smallest absolute Gasteiger partial charge is 0.161 e. The van der Waals surface area contributed by atoms with E-state index in [0.717, 1.165) is 49.7 Å². The molecule has 0 atom stereocenters. The van der Waals surface area contributed by atoms with Crippen LogP contribution < -0.4 is 0 Å². The van der Waals surface area contributed by atoms with Crippen LogP contribution in [0.4, 0.5) is 0 Å². The molecule has 3 nitrogen and oxygen atoms in total. The maximum absolute atomic E-state index is 5.38. The molecule has 12 aromatic rings. The number of hydrogen-bond acceptors (Lipinski definition) is 2. The van der Waals surface area contributed by atoms with Crippen LogP contribution in [0, 0.1) is 0 Å². The van der Waals surface area contributed by atoms with Crippen LogP contribution in [0.5, 0.6) is 0 Å². The van der Waals surface area contributed by atoms with Gasteiger partial charge in [0.25, 0.3) is 0 Å². The first-order valence-corrected chi connectivity index (χ1v) is 20.2. The number of benzene rings is 10. The summed E-state index contributed by atoms with van der Waals surface area (Å²) in [6.07, 6.45) is 0. The van der Waals surface area contributed by atoms with Gasteiger partial charge in [-0.25, -0.2) is 9.97 Å². The molecule has 3 heteroatoms. The Labute approximate surface area is 341 Å². The van der Waals surface area contributed by atoms with E-state index in [1.54, 1.807) is 0 Å². The van der Waals surface area contributed by atoms with Crippen LogP contribution in [-0.4, -0.2) is 14.5 Å². The Balaban J connectivity index is 0.996. The average Bonchev–Trinajstić information content (AvgIpc) is 3.67. The number of fused-ring (bicyclic) bond motifs is 9. The maximum atomic E-state index is 5.38. The number of nitrogens with zero attached hydrogens (tertiary/aromatic N) is 3. The minimum Gasteiger partial charge on any atom is -0.309 e. The summed E-state index contributed by atoms with van der Waals surface area (Å²) < 4.78 is 2.43. The Kier molecular flexibility index (Phi) is 7.54. The van der Waals surface area contributed by atoms with Crippen molar-refractivity contribution < 1.29 is 0 Å². The molecule has 0 aliphatic carbocycles. The first-order chi connectivity index (χ1) is 29.2. The zero-order chi connectivity index (χ0) is 38.9. The van der Waals surface area contributed by atoms with Crippen LogP contribution in [0.1, 0.15) is 0 Å². The lowest BCUT2D eigenvalue weighted by Gasteiger charge is -2.14. The monoisotopic (exact) mass is 749 g/mol. The predicted molar refractivity (Wildman–Crippen MR) is 248 cm³/mol. The summed E-state index contributed by atoms with van der Waals surface area (Å²) in [5, 5.41) is 10.9. The van der Waals surface area contributed by atoms with E-state index in [1.165, 1.54) is 60.0 Å². The largest absolute Gasteiger partial charge is 0.309 e. The van der Waals surface area contributed by atoms with Gasteiger partial charge in [0.2, 0.25) is 0 Å². The molecule has 0 N–H and O–H groups in total. The molecule has 10 aromatic carbocycles. The second-order valence-electron chi connectivity index (χ2n) is 15.3. The van der Waals surface area contributed by atoms with Crippen molar-refractivity contribution in [2.45, 2.75) is 0 Å². The van der Waals surface area contributed by atoms with Gasteiger partial charge in [-0.15, -0.1) is 0 Å². The molecule has 2 aromatic heterocycles. The fourth-order valence-corrected chi connectivity index (χ4v) is 9.18. The summed E-state index contributed by atoms with van der Waals surface area (Å²) >= 11 is 0. The van der Waals surface area contributed by atoms with Gasteiger partial charge in [-0.3, -0.25) is 0 Å². The van der Waals surface area contributed by atoms with Crippen LogP contribution in [-0.2, 0) is 0 Å². The minimum atomic E-state index is 0.712. The van der Waals surface area contributed by atoms with Crippen LogP contribution in [0.25, 0.3) is 116 Å². The van der Waals surface area contributed by atoms with Crippen LogP contribution in [0.15, 0.2) is 212 Å². The summed E-state index contributed by atoms with van der Waals surface area (Å²) in [6.45, 7) is 0. The van der Waals surface area contributed by atoms with Crippen molar-refractivity contribution in [3.05, 3.63) is 212 Å². The van der Waals surface area contributed by atoms with Crippen LogP contribution in [0.3, 0.4) is 0 Å². The van der Waals surface area contributed by atoms with E-state index in [-0.39, 0.29) is 0 Å². The lowest BCUT2D eigenvalue weighted by molar-refractivity contribution is 1.19. The maximum Gasteiger partial charge on any atom is 0.161 e. The van der Waals surface area contributed by atoms with E-state index in [9.17, 15) is 0 Å². The molecular formula is C56H35N3. The molecule has 274 valence electrons. The summed E-state index contributed by atoms with van der Waals surface area (Å²) in [5.74, 6) is 0.712. The highest BCUT2D eigenvalue weighted by Crippen LogP contribution is 2.42. The molecule has 0 spiro atoms. The van der Waals surface area contributed by atoms with E-state index in [2.05, 4.69) is 217 Å². The highest BCUT2D eigenvalue weighted by molar-refractivity contribution is 6.28. The normalized spacial score (nSPS) is 11.7. The fraction of sp³-hybridized carbons (Fsp3) is 0. The molecule has 12 rings (SSSR count). The summed E-state index contributed by atoms with van der Waals surface area (Å²) in [5.41, 5.74) is 12.2. The Bertz CT molecular complexity index is 3510. The van der Waals surface area contributed by atoms with Crippen LogP contribution in [0.2, 0.25) is 0 Å². The number of hydrogen-bond donors (Lipinski definition) is 0. The van der Waals surface area contributed by atoms with Crippen molar-refractivity contribution >= 4 is 65.0 Å². The van der Waals surface area contributed by atoms with E-state index in [0.29, 0.717) is 5.82 Å². The van der Waals surface area contributed by atoms with Gasteiger partial charge in [-0.1, -0.05) is 176 Å². The average molecular weight is 750 g/mol. The molecule has 59 heavy (non-hydrogen) atoms. The molecule has 0 aliphatic rings. The van der Waals surface area contributed by atoms with Crippen molar-refractivity contribution in [1.29, 1.82) is 0 Å². The first kappa shape index (κ1) is 33.3. The molecule has 0 amide bonds. The molecule has 0 aliphatic heterocycles. The van der Waals surface area contributed by atoms with Gasteiger partial charge in [-0.05, 0) is 91.0 Å². The second kappa shape index (κ2) is 13.4. The van der Waals surface area contributed by atoms with Gasteiger partial charge < -0.3 is 4.57 Å². The third kappa shape index (κ3) is 5.44. The van der Waals surface area contributed by atoms with Gasteiger partial charge in [0.15, 0.2) is 5.82 Å². The molecule has 0 unspecified atom stereocenters. The van der Waals surface area contributed by atoms with Crippen molar-refractivity contribution in [2.75, 3.05) is 0 Å². The van der Waals surface area contributed by atoms with Crippen molar-refractivity contribution in [3.63, 3.8) is 0 Å². The standard InChI is InChI=1S/C56H35N3/c1-2-12-36(13-3-1)37-24-26-38(27-25-37)41-16-10-18-43(34-41)55-49-21-8-9-23-50(49)57-56(58-55)48-22-11-17-42-35-44(30-31-45(42)48)59-51-32-28-39-14-4-6-19-46(39)53(51)54-47-20-7-5-15-40(47)29-33-52(54)59/h1-35H. The molecule has 0 fully saturated rings. The topological polar surface area (TPSA) is 30.7 Å². The van der Waals surface area contributed by atoms with Crippen molar-refractivity contribution in [2.24, 2.45) is 0 Å². The minimum absolute atomic E-state index is 0.712. The Morgan fingerprint density at radius 2 is 0.881 bits per heavy atom. The van der Waals surface area contributed by atoms with E-state index >= 15 is 0 Å². The number of aromatic nitrogens is 3. The third-order valence-corrected chi connectivity index (χ3v) is 12.0. The Morgan fingerprint density at radius 3 is 1.61 bits per heavy atom. The summed E-state index contributed by atoms with van der Waals surface area (Å²) in [6, 6.07) is 76.3. The predicted octanol–water partition coefficient (Wildman–Crippen LogP) is 14.9. The summed E-state index contributed by atoms with van der Waals surface area (Å²) in [7, 11) is 0. The zero-order valence-corrected chi connectivity index (χ0v) is 32.0. The van der Waals surface area contributed by atoms with E-state index in [1.807, 2.05) is 0 Å². The van der Waals surface area contributed by atoms with Crippen molar-refractivity contribution in [3.8, 4) is 50.6 Å². The van der Waals surface area contributed by atoms with Crippen LogP contribution >= 0.6 is 0 Å². The molecule has 0 bridgehead atoms. The number of para-hydroxylation sites is 1. The summed E-state index contributed by atoms with van der Waals surface area (Å²) in [4.78, 5) is 10.6. The highest BCUT2D eigenvalue weighted by Gasteiger charge is 2.19. The SMILES string of the molecule is c1ccc(-c2ccc(-c3cccc(-c4nc(-c5cccc6cc(-n7c8ccc9ccccc9c8c8c9ccccc9ccc87)ccc56)nc5ccccc45)c3)cc2)cc1. The molecular weight excluding hydrogens is 715 g/mol. The second-order valence-corrected chi connectivity index (χ2v) is 15.3. The molecule has 0 saturated heterocycles. The first-order valence-electron chi connectivity index (χ1n) is 20.2. The van der Waals surface area contributed by atoms with E-state index < -0.39 is 0 Å². The van der Waals surface area contributed by atoms with Gasteiger partial charge >= 0.3 is 0 Å². The third-order valence-electron chi connectivity index (χ3n) is 12.0. The van der Waals surface area contributed by atoms with Gasteiger partial charge in [0.05, 0.1) is 22.2 Å². The highest BCUT2D eigenvalue weighted by atomic mass is 15.0. The lowest BCUT2D eigenvalue weighted by atomic mass is 9.97. The number of rotatable bonds is 5. The molecule has 0 radical (unpaired) electrons. The van der Waals surface area contributed by atoms with E-state index in [4.69, 9.17) is 9.97 Å². The van der Waals surface area contributed by atoms with Gasteiger partial charge in [0.1, 0.15) is 0 Å². The lowest BCUT2D eigenvalue weighted by Crippen LogP contribution is -1.97. The quantitative estimate of drug-likeness (QED) is 0.175. The van der Waals surface area contributed by atoms with Gasteiger partial charge in [0, 0.05) is 33.0 Å². The zero-order valence-electron chi connectivity index (χ0n) is 32.0. The van der Waals surface area contributed by atoms with Crippen molar-refractivity contribution in [1.82, 2.24) is 14.5 Å².